The number of carbonyl (C=O) groups excluding carboxylic acids is 1. The third-order valence-corrected chi connectivity index (χ3v) is 8.53. The van der Waals surface area contributed by atoms with E-state index in [-0.39, 0.29) is 24.5 Å². The highest BCUT2D eigenvalue weighted by atomic mass is 32.2. The molecule has 0 saturated carbocycles. The molecule has 1 fully saturated rings. The Morgan fingerprint density at radius 1 is 0.971 bits per heavy atom. The third kappa shape index (κ3) is 5.00. The van der Waals surface area contributed by atoms with Gasteiger partial charge in [-0.3, -0.25) is 0 Å². The molecule has 9 heteroatoms. The van der Waals surface area contributed by atoms with Gasteiger partial charge in [-0.15, -0.1) is 0 Å². The maximum absolute atomic E-state index is 13.1. The second-order valence-electron chi connectivity index (χ2n) is 9.56. The quantitative estimate of drug-likeness (QED) is 0.700. The number of fused-ring (bicyclic) bond motifs is 1. The molecule has 1 N–H and O–H groups in total. The summed E-state index contributed by atoms with van der Waals surface area (Å²) in [5.41, 5.74) is 2.36. The summed E-state index contributed by atoms with van der Waals surface area (Å²) in [5.74, 6) is 1.47. The Bertz CT molecular complexity index is 1170. The summed E-state index contributed by atoms with van der Waals surface area (Å²) in [6.07, 6.45) is 0. The molecular weight excluding hydrogens is 454 g/mol. The van der Waals surface area contributed by atoms with Crippen molar-refractivity contribution >= 4 is 16.1 Å². The van der Waals surface area contributed by atoms with Crippen LogP contribution >= 0.6 is 0 Å². The van der Waals surface area contributed by atoms with E-state index in [1.54, 1.807) is 17.9 Å². The minimum Gasteiger partial charge on any atom is -0.486 e. The van der Waals surface area contributed by atoms with Gasteiger partial charge in [-0.25, -0.2) is 13.2 Å². The van der Waals surface area contributed by atoms with E-state index in [0.717, 1.165) is 28.2 Å². The van der Waals surface area contributed by atoms with Gasteiger partial charge in [0.2, 0.25) is 10.0 Å². The molecule has 0 bridgehead atoms. The Balaban J connectivity index is 1.34. The molecular formula is C25H33N3O5S. The van der Waals surface area contributed by atoms with Gasteiger partial charge in [0.15, 0.2) is 11.5 Å². The van der Waals surface area contributed by atoms with Gasteiger partial charge in [0, 0.05) is 38.1 Å². The molecule has 0 aliphatic carbocycles. The van der Waals surface area contributed by atoms with Crippen LogP contribution < -0.4 is 14.8 Å². The Kier molecular flexibility index (Phi) is 6.78. The number of aryl methyl sites for hydroxylation is 2. The van der Waals surface area contributed by atoms with Gasteiger partial charge in [-0.1, -0.05) is 32.0 Å². The van der Waals surface area contributed by atoms with E-state index in [1.165, 1.54) is 4.31 Å². The van der Waals surface area contributed by atoms with E-state index >= 15 is 0 Å². The zero-order chi connectivity index (χ0) is 24.5. The smallest absolute Gasteiger partial charge is 0.317 e. The van der Waals surface area contributed by atoms with E-state index in [0.29, 0.717) is 37.7 Å². The second-order valence-corrected chi connectivity index (χ2v) is 11.5. The number of amides is 2. The number of hydrogen-bond acceptors (Lipinski definition) is 5. The van der Waals surface area contributed by atoms with Crippen LogP contribution in [0.25, 0.3) is 0 Å². The predicted molar refractivity (Wildman–Crippen MR) is 130 cm³/mol. The lowest BCUT2D eigenvalue weighted by atomic mass is 9.84. The monoisotopic (exact) mass is 487 g/mol. The van der Waals surface area contributed by atoms with Crippen LogP contribution in [0.1, 0.15) is 30.5 Å². The summed E-state index contributed by atoms with van der Waals surface area (Å²) < 4.78 is 39.0. The fourth-order valence-electron chi connectivity index (χ4n) is 4.23. The topological polar surface area (TPSA) is 88.2 Å². The van der Waals surface area contributed by atoms with Gasteiger partial charge in [-0.05, 0) is 48.7 Å². The number of ether oxygens (including phenoxy) is 2. The average Bonchev–Trinajstić information content (AvgIpc) is 2.83. The zero-order valence-corrected chi connectivity index (χ0v) is 21.1. The standard InChI is InChI=1S/C25H33N3O5S/c1-18-5-6-19(2)23(15-18)34(30,31)28-11-9-27(10-12-28)24(29)26-17-25(3,4)20-7-8-21-22(16-20)33-14-13-32-21/h5-8,15-16H,9-14,17H2,1-4H3,(H,26,29). The summed E-state index contributed by atoms with van der Waals surface area (Å²) in [6, 6.07) is 11.1. The maximum Gasteiger partial charge on any atom is 0.317 e. The van der Waals surface area contributed by atoms with E-state index < -0.39 is 10.0 Å². The number of carbonyl (C=O) groups is 1. The molecule has 0 unspecified atom stereocenters. The summed E-state index contributed by atoms with van der Waals surface area (Å²) in [6.45, 7) is 10.6. The number of piperazine rings is 1. The molecule has 2 aliphatic heterocycles. The highest BCUT2D eigenvalue weighted by Crippen LogP contribution is 2.35. The Labute approximate surface area is 201 Å². The van der Waals surface area contributed by atoms with Crippen molar-refractivity contribution in [2.75, 3.05) is 45.9 Å². The van der Waals surface area contributed by atoms with Gasteiger partial charge >= 0.3 is 6.03 Å². The van der Waals surface area contributed by atoms with Crippen LogP contribution in [0.2, 0.25) is 0 Å². The van der Waals surface area contributed by atoms with Crippen LogP contribution in [-0.2, 0) is 15.4 Å². The summed E-state index contributed by atoms with van der Waals surface area (Å²) in [5, 5.41) is 3.02. The molecule has 34 heavy (non-hydrogen) atoms. The summed E-state index contributed by atoms with van der Waals surface area (Å²) in [7, 11) is -3.59. The molecule has 2 amide bonds. The molecule has 4 rings (SSSR count). The Morgan fingerprint density at radius 2 is 1.65 bits per heavy atom. The molecule has 0 radical (unpaired) electrons. The lowest BCUT2D eigenvalue weighted by Crippen LogP contribution is -2.54. The number of nitrogens with one attached hydrogen (secondary N) is 1. The molecule has 0 aromatic heterocycles. The molecule has 0 spiro atoms. The number of nitrogens with zero attached hydrogens (tertiary/aromatic N) is 2. The molecule has 1 saturated heterocycles. The van der Waals surface area contributed by atoms with Crippen molar-refractivity contribution in [3.05, 3.63) is 53.1 Å². The first-order valence-corrected chi connectivity index (χ1v) is 13.0. The zero-order valence-electron chi connectivity index (χ0n) is 20.3. The van der Waals surface area contributed by atoms with Crippen molar-refractivity contribution in [3.8, 4) is 11.5 Å². The third-order valence-electron chi connectivity index (χ3n) is 6.49. The van der Waals surface area contributed by atoms with Crippen LogP contribution in [0.15, 0.2) is 41.3 Å². The van der Waals surface area contributed by atoms with Crippen molar-refractivity contribution in [1.82, 2.24) is 14.5 Å². The van der Waals surface area contributed by atoms with E-state index in [2.05, 4.69) is 19.2 Å². The van der Waals surface area contributed by atoms with Crippen molar-refractivity contribution < 1.29 is 22.7 Å². The molecule has 2 heterocycles. The van der Waals surface area contributed by atoms with Crippen LogP contribution in [0.5, 0.6) is 11.5 Å². The number of sulfonamides is 1. The minimum atomic E-state index is -3.59. The van der Waals surface area contributed by atoms with E-state index in [4.69, 9.17) is 9.47 Å². The first-order valence-electron chi connectivity index (χ1n) is 11.6. The van der Waals surface area contributed by atoms with Crippen molar-refractivity contribution in [2.45, 2.75) is 38.0 Å². The maximum atomic E-state index is 13.1. The van der Waals surface area contributed by atoms with Crippen molar-refractivity contribution in [2.24, 2.45) is 0 Å². The van der Waals surface area contributed by atoms with Crippen molar-refractivity contribution in [1.29, 1.82) is 0 Å². The fourth-order valence-corrected chi connectivity index (χ4v) is 5.96. The Morgan fingerprint density at radius 3 is 2.35 bits per heavy atom. The SMILES string of the molecule is Cc1ccc(C)c(S(=O)(=O)N2CCN(C(=O)NCC(C)(C)c3ccc4c(c3)OCCO4)CC2)c1. The number of benzene rings is 2. The van der Waals surface area contributed by atoms with Gasteiger partial charge in [0.25, 0.3) is 0 Å². The minimum absolute atomic E-state index is 0.186. The molecule has 184 valence electrons. The van der Waals surface area contributed by atoms with Crippen LogP contribution in [0.4, 0.5) is 4.79 Å². The van der Waals surface area contributed by atoms with Crippen LogP contribution in [0.3, 0.4) is 0 Å². The highest BCUT2D eigenvalue weighted by molar-refractivity contribution is 7.89. The molecule has 8 nitrogen and oxygen atoms in total. The summed E-state index contributed by atoms with van der Waals surface area (Å²) >= 11 is 0. The molecule has 0 atom stereocenters. The van der Waals surface area contributed by atoms with Gasteiger partial charge < -0.3 is 19.7 Å². The van der Waals surface area contributed by atoms with E-state index in [9.17, 15) is 13.2 Å². The van der Waals surface area contributed by atoms with Crippen molar-refractivity contribution in [3.63, 3.8) is 0 Å². The molecule has 2 aliphatic rings. The fraction of sp³-hybridized carbons (Fsp3) is 0.480. The number of hydrogen-bond donors (Lipinski definition) is 1. The second kappa shape index (κ2) is 9.46. The normalized spacial score (nSPS) is 16.9. The largest absolute Gasteiger partial charge is 0.486 e. The average molecular weight is 488 g/mol. The van der Waals surface area contributed by atoms with Crippen LogP contribution in [-0.4, -0.2) is 69.6 Å². The summed E-state index contributed by atoms with van der Waals surface area (Å²) in [4.78, 5) is 14.9. The molecule has 2 aromatic rings. The first kappa shape index (κ1) is 24.3. The van der Waals surface area contributed by atoms with E-state index in [1.807, 2.05) is 37.3 Å². The first-order chi connectivity index (χ1) is 16.1. The number of rotatable bonds is 5. The van der Waals surface area contributed by atoms with Crippen LogP contribution in [0, 0.1) is 13.8 Å². The van der Waals surface area contributed by atoms with Gasteiger partial charge in [-0.2, -0.15) is 4.31 Å². The Hall–Kier alpha value is -2.78. The predicted octanol–water partition coefficient (Wildman–Crippen LogP) is 3.07. The lowest BCUT2D eigenvalue weighted by Gasteiger charge is -2.35. The molecule has 2 aromatic carbocycles. The highest BCUT2D eigenvalue weighted by Gasteiger charge is 2.32. The van der Waals surface area contributed by atoms with Gasteiger partial charge in [0.1, 0.15) is 13.2 Å². The van der Waals surface area contributed by atoms with Gasteiger partial charge in [0.05, 0.1) is 4.90 Å². The lowest BCUT2D eigenvalue weighted by molar-refractivity contribution is 0.169. The number of urea groups is 1.